The third kappa shape index (κ3) is 3.75. The summed E-state index contributed by atoms with van der Waals surface area (Å²) in [5.41, 5.74) is 1.37. The third-order valence-corrected chi connectivity index (χ3v) is 6.44. The van der Waals surface area contributed by atoms with Crippen LogP contribution < -0.4 is 9.64 Å². The average Bonchev–Trinajstić information content (AvgIpc) is 2.68. The molecule has 1 saturated carbocycles. The Morgan fingerprint density at radius 2 is 1.90 bits per heavy atom. The van der Waals surface area contributed by atoms with Crippen LogP contribution in [0.15, 0.2) is 18.2 Å². The van der Waals surface area contributed by atoms with Gasteiger partial charge in [0.1, 0.15) is 11.9 Å². The van der Waals surface area contributed by atoms with Crippen LogP contribution in [0.25, 0.3) is 10.8 Å². The molecule has 7 nitrogen and oxygen atoms in total. The van der Waals surface area contributed by atoms with Gasteiger partial charge in [0.25, 0.3) is 5.92 Å². The van der Waals surface area contributed by atoms with Gasteiger partial charge in [-0.2, -0.15) is 0 Å². The van der Waals surface area contributed by atoms with E-state index < -0.39 is 17.8 Å². The van der Waals surface area contributed by atoms with Crippen LogP contribution in [0.4, 0.5) is 14.5 Å². The normalized spacial score (nSPS) is 25.7. The molecular formula is C22H24F2N2O5. The van der Waals surface area contributed by atoms with E-state index in [0.29, 0.717) is 54.1 Å². The van der Waals surface area contributed by atoms with Gasteiger partial charge in [0.2, 0.25) is 5.88 Å². The van der Waals surface area contributed by atoms with Gasteiger partial charge < -0.3 is 24.6 Å². The number of rotatable bonds is 5. The van der Waals surface area contributed by atoms with Crippen molar-refractivity contribution in [2.45, 2.75) is 43.6 Å². The van der Waals surface area contributed by atoms with Gasteiger partial charge >= 0.3 is 5.97 Å². The Morgan fingerprint density at radius 3 is 2.55 bits per heavy atom. The number of nitrogens with zero attached hydrogens (tertiary/aromatic N) is 2. The molecule has 166 valence electrons. The SMILES string of the molecule is O=C(O)[C@H]1C[C@H](Oc2nc(C3CCOCC3)c(N3CC(F)(F)C3)c3ccc(O)cc23)C1. The largest absolute Gasteiger partial charge is 0.508 e. The predicted molar refractivity (Wildman–Crippen MR) is 108 cm³/mol. The number of benzene rings is 1. The quantitative estimate of drug-likeness (QED) is 0.744. The van der Waals surface area contributed by atoms with Crippen molar-refractivity contribution in [1.82, 2.24) is 4.98 Å². The highest BCUT2D eigenvalue weighted by molar-refractivity contribution is 5.99. The van der Waals surface area contributed by atoms with E-state index in [2.05, 4.69) is 0 Å². The number of hydrogen-bond donors (Lipinski definition) is 2. The van der Waals surface area contributed by atoms with Crippen LogP contribution in [-0.4, -0.2) is 59.5 Å². The summed E-state index contributed by atoms with van der Waals surface area (Å²) in [5, 5.41) is 20.4. The molecule has 0 unspecified atom stereocenters. The summed E-state index contributed by atoms with van der Waals surface area (Å²) in [7, 11) is 0. The number of phenolic OH excluding ortho intramolecular Hbond substituents is 1. The maximum atomic E-state index is 13.7. The lowest BCUT2D eigenvalue weighted by atomic mass is 9.82. The maximum absolute atomic E-state index is 13.7. The first-order valence-corrected chi connectivity index (χ1v) is 10.6. The van der Waals surface area contributed by atoms with Crippen LogP contribution in [0.5, 0.6) is 11.6 Å². The fraction of sp³-hybridized carbons (Fsp3) is 0.545. The van der Waals surface area contributed by atoms with Gasteiger partial charge in [-0.3, -0.25) is 4.79 Å². The molecule has 31 heavy (non-hydrogen) atoms. The number of pyridine rings is 1. The zero-order valence-electron chi connectivity index (χ0n) is 16.9. The van der Waals surface area contributed by atoms with Gasteiger partial charge in [-0.05, 0) is 43.9 Å². The molecule has 0 bridgehead atoms. The first kappa shape index (κ1) is 20.2. The summed E-state index contributed by atoms with van der Waals surface area (Å²) < 4.78 is 39.0. The molecule has 5 rings (SSSR count). The standard InChI is InChI=1S/C22H24F2N2O5/c23-22(24)10-26(11-22)19-16-2-1-14(27)9-17(16)20(31-15-7-13(8-15)21(28)29)25-18(19)12-3-5-30-6-4-12/h1-2,9,12-13,15,27H,3-8,10-11H2,(H,28,29)/t13-,15-. The van der Waals surface area contributed by atoms with Crippen LogP contribution in [0, 0.1) is 5.92 Å². The molecule has 2 saturated heterocycles. The van der Waals surface area contributed by atoms with Crippen molar-refractivity contribution in [1.29, 1.82) is 0 Å². The number of ether oxygens (including phenoxy) is 2. The molecule has 3 aliphatic rings. The molecule has 0 spiro atoms. The van der Waals surface area contributed by atoms with Crippen molar-refractivity contribution in [3.05, 3.63) is 23.9 Å². The van der Waals surface area contributed by atoms with Gasteiger partial charge in [0.15, 0.2) is 0 Å². The number of carboxylic acid groups (broad SMARTS) is 1. The van der Waals surface area contributed by atoms with Gasteiger partial charge in [0, 0.05) is 29.9 Å². The fourth-order valence-corrected chi connectivity index (χ4v) is 4.65. The summed E-state index contributed by atoms with van der Waals surface area (Å²) in [6.45, 7) is 0.414. The van der Waals surface area contributed by atoms with Crippen molar-refractivity contribution in [2.75, 3.05) is 31.2 Å². The third-order valence-electron chi connectivity index (χ3n) is 6.44. The topological polar surface area (TPSA) is 92.1 Å². The summed E-state index contributed by atoms with van der Waals surface area (Å²) in [6.07, 6.45) is 1.98. The van der Waals surface area contributed by atoms with Crippen LogP contribution in [0.1, 0.15) is 37.3 Å². The lowest BCUT2D eigenvalue weighted by molar-refractivity contribution is -0.148. The number of alkyl halides is 2. The molecule has 2 N–H and O–H groups in total. The molecule has 0 amide bonds. The molecule has 2 aliphatic heterocycles. The predicted octanol–water partition coefficient (Wildman–Crippen LogP) is 3.53. The van der Waals surface area contributed by atoms with E-state index in [0.717, 1.165) is 12.8 Å². The van der Waals surface area contributed by atoms with E-state index in [1.54, 1.807) is 11.0 Å². The lowest BCUT2D eigenvalue weighted by Crippen LogP contribution is -2.56. The van der Waals surface area contributed by atoms with Gasteiger partial charge in [-0.15, -0.1) is 0 Å². The van der Waals surface area contributed by atoms with Crippen LogP contribution in [-0.2, 0) is 9.53 Å². The van der Waals surface area contributed by atoms with E-state index in [9.17, 15) is 18.7 Å². The summed E-state index contributed by atoms with van der Waals surface area (Å²) >= 11 is 0. The molecule has 2 aromatic rings. The number of anilines is 1. The van der Waals surface area contributed by atoms with E-state index in [-0.39, 0.29) is 30.9 Å². The molecule has 1 aliphatic carbocycles. The number of halogens is 2. The fourth-order valence-electron chi connectivity index (χ4n) is 4.65. The second kappa shape index (κ2) is 7.47. The molecule has 0 radical (unpaired) electrons. The van der Waals surface area contributed by atoms with Crippen molar-refractivity contribution >= 4 is 22.4 Å². The van der Waals surface area contributed by atoms with Crippen molar-refractivity contribution in [3.63, 3.8) is 0 Å². The van der Waals surface area contributed by atoms with Crippen LogP contribution >= 0.6 is 0 Å². The zero-order valence-corrected chi connectivity index (χ0v) is 16.9. The second-order valence-corrected chi connectivity index (χ2v) is 8.73. The van der Waals surface area contributed by atoms with E-state index in [1.807, 2.05) is 0 Å². The van der Waals surface area contributed by atoms with Crippen molar-refractivity contribution in [2.24, 2.45) is 5.92 Å². The zero-order chi connectivity index (χ0) is 21.8. The molecule has 9 heteroatoms. The number of carboxylic acids is 1. The van der Waals surface area contributed by atoms with E-state index in [1.165, 1.54) is 12.1 Å². The minimum absolute atomic E-state index is 0.0230. The highest BCUT2D eigenvalue weighted by Crippen LogP contribution is 2.46. The summed E-state index contributed by atoms with van der Waals surface area (Å²) in [5.74, 6) is -3.61. The highest BCUT2D eigenvalue weighted by atomic mass is 19.3. The summed E-state index contributed by atoms with van der Waals surface area (Å²) in [4.78, 5) is 17.6. The number of carbonyl (C=O) groups is 1. The first-order valence-electron chi connectivity index (χ1n) is 10.6. The number of fused-ring (bicyclic) bond motifs is 1. The minimum Gasteiger partial charge on any atom is -0.508 e. The Bertz CT molecular complexity index is 1010. The first-order chi connectivity index (χ1) is 14.8. The Labute approximate surface area is 177 Å². The second-order valence-electron chi connectivity index (χ2n) is 8.73. The van der Waals surface area contributed by atoms with E-state index >= 15 is 0 Å². The number of aromatic nitrogens is 1. The van der Waals surface area contributed by atoms with Gasteiger partial charge in [-0.25, -0.2) is 13.8 Å². The molecule has 3 fully saturated rings. The van der Waals surface area contributed by atoms with Crippen molar-refractivity contribution in [3.8, 4) is 11.6 Å². The van der Waals surface area contributed by atoms with Crippen LogP contribution in [0.2, 0.25) is 0 Å². The maximum Gasteiger partial charge on any atom is 0.306 e. The molecule has 1 aromatic heterocycles. The Kier molecular flexibility index (Phi) is 4.88. The molecular weight excluding hydrogens is 410 g/mol. The number of aliphatic carboxylic acids is 1. The Hall–Kier alpha value is -2.68. The molecule has 3 heterocycles. The van der Waals surface area contributed by atoms with Gasteiger partial charge in [-0.1, -0.05) is 0 Å². The van der Waals surface area contributed by atoms with Crippen LogP contribution in [0.3, 0.4) is 0 Å². The molecule has 0 atom stereocenters. The highest BCUT2D eigenvalue weighted by Gasteiger charge is 2.46. The minimum atomic E-state index is -2.73. The Morgan fingerprint density at radius 1 is 1.19 bits per heavy atom. The average molecular weight is 434 g/mol. The summed E-state index contributed by atoms with van der Waals surface area (Å²) in [6, 6.07) is 4.78. The number of hydrogen-bond acceptors (Lipinski definition) is 6. The van der Waals surface area contributed by atoms with Gasteiger partial charge in [0.05, 0.1) is 30.4 Å². The Balaban J connectivity index is 1.58. The molecule has 1 aromatic carbocycles. The number of phenols is 1. The lowest BCUT2D eigenvalue weighted by Gasteiger charge is -2.43. The number of aromatic hydroxyl groups is 1. The smallest absolute Gasteiger partial charge is 0.306 e. The van der Waals surface area contributed by atoms with E-state index in [4.69, 9.17) is 19.6 Å². The monoisotopic (exact) mass is 434 g/mol. The van der Waals surface area contributed by atoms with Crippen molar-refractivity contribution < 1.29 is 33.3 Å².